The molecule has 1 amide bonds. The summed E-state index contributed by atoms with van der Waals surface area (Å²) in [6.07, 6.45) is 4.20. The lowest BCUT2D eigenvalue weighted by Gasteiger charge is -2.47. The number of likely N-dealkylation sites (tertiary alicyclic amines) is 1. The SMILES string of the molecule is CCc1nnc([C@]23CC[C@H]2CCN3C(=O)c2cccc(CC)c2O)o1. The lowest BCUT2D eigenvalue weighted by atomic mass is 9.67. The first-order chi connectivity index (χ1) is 12.1. The van der Waals surface area contributed by atoms with Gasteiger partial charge in [-0.1, -0.05) is 26.0 Å². The number of benzene rings is 1. The van der Waals surface area contributed by atoms with Crippen LogP contribution in [0.3, 0.4) is 0 Å². The highest BCUT2D eigenvalue weighted by molar-refractivity contribution is 5.98. The van der Waals surface area contributed by atoms with Crippen LogP contribution in [0.2, 0.25) is 0 Å². The average molecular weight is 341 g/mol. The average Bonchev–Trinajstić information content (AvgIpc) is 3.17. The number of carbonyl (C=O) groups excluding carboxylic acids is 1. The molecule has 0 bridgehead atoms. The highest BCUT2D eigenvalue weighted by Crippen LogP contribution is 2.57. The van der Waals surface area contributed by atoms with Gasteiger partial charge in [0.05, 0.1) is 5.56 Å². The summed E-state index contributed by atoms with van der Waals surface area (Å²) < 4.78 is 5.85. The van der Waals surface area contributed by atoms with Crippen molar-refractivity contribution in [3.63, 3.8) is 0 Å². The van der Waals surface area contributed by atoms with E-state index in [0.717, 1.165) is 24.8 Å². The fraction of sp³-hybridized carbons (Fsp3) is 0.526. The first-order valence-electron chi connectivity index (χ1n) is 9.07. The summed E-state index contributed by atoms with van der Waals surface area (Å²) in [5.41, 5.74) is 0.656. The van der Waals surface area contributed by atoms with E-state index >= 15 is 0 Å². The number of aromatic hydroxyl groups is 1. The molecule has 25 heavy (non-hydrogen) atoms. The number of amides is 1. The number of phenolic OH excluding ortho intramolecular Hbond substituents is 1. The molecule has 0 radical (unpaired) electrons. The molecule has 1 aliphatic heterocycles. The Bertz CT molecular complexity index is 816. The Balaban J connectivity index is 1.73. The van der Waals surface area contributed by atoms with Gasteiger partial charge in [-0.25, -0.2) is 0 Å². The molecule has 4 rings (SSSR count). The van der Waals surface area contributed by atoms with Crippen LogP contribution in [0.1, 0.15) is 60.8 Å². The molecule has 2 heterocycles. The van der Waals surface area contributed by atoms with E-state index in [2.05, 4.69) is 10.2 Å². The van der Waals surface area contributed by atoms with Crippen LogP contribution in [0.5, 0.6) is 5.75 Å². The molecule has 1 aliphatic carbocycles. The molecule has 6 heteroatoms. The quantitative estimate of drug-likeness (QED) is 0.924. The minimum atomic E-state index is -0.494. The maximum absolute atomic E-state index is 13.3. The molecular weight excluding hydrogens is 318 g/mol. The van der Waals surface area contributed by atoms with Crippen LogP contribution in [0.25, 0.3) is 0 Å². The van der Waals surface area contributed by atoms with Gasteiger partial charge in [-0.05, 0) is 43.2 Å². The Hall–Kier alpha value is -2.37. The summed E-state index contributed by atoms with van der Waals surface area (Å²) >= 11 is 0. The topological polar surface area (TPSA) is 79.5 Å². The molecule has 2 atom stereocenters. The molecule has 1 saturated heterocycles. The third-order valence-electron chi connectivity index (χ3n) is 5.85. The van der Waals surface area contributed by atoms with E-state index in [1.807, 2.05) is 30.9 Å². The number of aromatic nitrogens is 2. The second kappa shape index (κ2) is 5.86. The Morgan fingerprint density at radius 2 is 2.16 bits per heavy atom. The molecule has 0 unspecified atom stereocenters. The van der Waals surface area contributed by atoms with Gasteiger partial charge < -0.3 is 14.4 Å². The number of rotatable bonds is 4. The van der Waals surface area contributed by atoms with E-state index in [0.29, 0.717) is 42.6 Å². The fourth-order valence-electron chi connectivity index (χ4n) is 4.29. The van der Waals surface area contributed by atoms with E-state index in [1.54, 1.807) is 6.07 Å². The molecule has 1 saturated carbocycles. The molecule has 1 aromatic carbocycles. The highest BCUT2D eigenvalue weighted by atomic mass is 16.4. The highest BCUT2D eigenvalue weighted by Gasteiger charge is 2.61. The second-order valence-corrected chi connectivity index (χ2v) is 6.93. The summed E-state index contributed by atoms with van der Waals surface area (Å²) in [6.45, 7) is 4.59. The van der Waals surface area contributed by atoms with Crippen molar-refractivity contribution < 1.29 is 14.3 Å². The number of hydrogen-bond acceptors (Lipinski definition) is 5. The van der Waals surface area contributed by atoms with Gasteiger partial charge in [-0.2, -0.15) is 0 Å². The zero-order chi connectivity index (χ0) is 17.6. The third-order valence-corrected chi connectivity index (χ3v) is 5.85. The summed E-state index contributed by atoms with van der Waals surface area (Å²) in [4.78, 5) is 15.1. The smallest absolute Gasteiger partial charge is 0.258 e. The number of para-hydroxylation sites is 1. The molecule has 6 nitrogen and oxygen atoms in total. The van der Waals surface area contributed by atoms with Crippen LogP contribution < -0.4 is 0 Å². The van der Waals surface area contributed by atoms with Gasteiger partial charge in [0.15, 0.2) is 0 Å². The van der Waals surface area contributed by atoms with Gasteiger partial charge in [-0.3, -0.25) is 4.79 Å². The summed E-state index contributed by atoms with van der Waals surface area (Å²) in [5.74, 6) is 1.46. The van der Waals surface area contributed by atoms with Crippen LogP contribution >= 0.6 is 0 Å². The van der Waals surface area contributed by atoms with Gasteiger partial charge in [0.25, 0.3) is 5.91 Å². The Labute approximate surface area is 146 Å². The van der Waals surface area contributed by atoms with Crippen molar-refractivity contribution in [2.24, 2.45) is 5.92 Å². The molecule has 0 spiro atoms. The van der Waals surface area contributed by atoms with E-state index in [-0.39, 0.29) is 11.7 Å². The van der Waals surface area contributed by atoms with Gasteiger partial charge in [0.2, 0.25) is 11.8 Å². The van der Waals surface area contributed by atoms with Gasteiger partial charge >= 0.3 is 0 Å². The number of hydrogen-bond donors (Lipinski definition) is 1. The molecule has 2 fully saturated rings. The normalized spacial score (nSPS) is 24.9. The number of fused-ring (bicyclic) bond motifs is 1. The monoisotopic (exact) mass is 341 g/mol. The maximum atomic E-state index is 13.3. The number of aryl methyl sites for hydroxylation is 2. The fourth-order valence-corrected chi connectivity index (χ4v) is 4.29. The van der Waals surface area contributed by atoms with E-state index in [4.69, 9.17) is 4.42 Å². The molecule has 2 aliphatic rings. The third kappa shape index (κ3) is 2.19. The van der Waals surface area contributed by atoms with E-state index < -0.39 is 5.54 Å². The summed E-state index contributed by atoms with van der Waals surface area (Å²) in [6, 6.07) is 5.38. The van der Waals surface area contributed by atoms with Crippen molar-refractivity contribution in [2.75, 3.05) is 6.54 Å². The summed E-state index contributed by atoms with van der Waals surface area (Å²) in [5, 5.41) is 18.8. The Morgan fingerprint density at radius 3 is 2.80 bits per heavy atom. The van der Waals surface area contributed by atoms with Crippen molar-refractivity contribution in [1.29, 1.82) is 0 Å². The first kappa shape index (κ1) is 16.1. The Morgan fingerprint density at radius 1 is 1.32 bits per heavy atom. The molecule has 1 aromatic heterocycles. The zero-order valence-electron chi connectivity index (χ0n) is 14.7. The van der Waals surface area contributed by atoms with Crippen molar-refractivity contribution >= 4 is 5.91 Å². The summed E-state index contributed by atoms with van der Waals surface area (Å²) in [7, 11) is 0. The largest absolute Gasteiger partial charge is 0.507 e. The minimum Gasteiger partial charge on any atom is -0.507 e. The number of carbonyl (C=O) groups is 1. The van der Waals surface area contributed by atoms with Crippen molar-refractivity contribution in [1.82, 2.24) is 15.1 Å². The standard InChI is InChI=1S/C19H23N3O3/c1-3-12-6-5-7-14(16(12)23)17(24)22-11-9-13-8-10-19(13,22)18-21-20-15(4-2)25-18/h5-7,13,23H,3-4,8-11H2,1-2H3/t13-,19-/m0/s1. The first-order valence-corrected chi connectivity index (χ1v) is 9.07. The van der Waals surface area contributed by atoms with E-state index in [1.165, 1.54) is 0 Å². The predicted molar refractivity (Wildman–Crippen MR) is 91.2 cm³/mol. The lowest BCUT2D eigenvalue weighted by molar-refractivity contribution is -0.00373. The van der Waals surface area contributed by atoms with Crippen LogP contribution in [0, 0.1) is 5.92 Å². The molecular formula is C19H23N3O3. The minimum absolute atomic E-state index is 0.0905. The maximum Gasteiger partial charge on any atom is 0.258 e. The zero-order valence-corrected chi connectivity index (χ0v) is 14.7. The second-order valence-electron chi connectivity index (χ2n) is 6.93. The van der Waals surface area contributed by atoms with Crippen molar-refractivity contribution in [2.45, 2.75) is 51.5 Å². The van der Waals surface area contributed by atoms with Crippen LogP contribution in [-0.4, -0.2) is 32.7 Å². The Kier molecular flexibility index (Phi) is 3.78. The number of nitrogens with zero attached hydrogens (tertiary/aromatic N) is 3. The lowest BCUT2D eigenvalue weighted by Crippen LogP contribution is -2.54. The van der Waals surface area contributed by atoms with Crippen molar-refractivity contribution in [3.05, 3.63) is 41.1 Å². The number of phenols is 1. The van der Waals surface area contributed by atoms with Gasteiger partial charge in [0, 0.05) is 13.0 Å². The van der Waals surface area contributed by atoms with Crippen LogP contribution in [0.4, 0.5) is 0 Å². The molecule has 2 aromatic rings. The molecule has 132 valence electrons. The van der Waals surface area contributed by atoms with Crippen LogP contribution in [-0.2, 0) is 18.4 Å². The predicted octanol–water partition coefficient (Wildman–Crippen LogP) is 3.05. The van der Waals surface area contributed by atoms with E-state index in [9.17, 15) is 9.90 Å². The van der Waals surface area contributed by atoms with Gasteiger partial charge in [-0.15, -0.1) is 10.2 Å². The molecule has 1 N–H and O–H groups in total. The van der Waals surface area contributed by atoms with Gasteiger partial charge in [0.1, 0.15) is 11.3 Å². The van der Waals surface area contributed by atoms with Crippen molar-refractivity contribution in [3.8, 4) is 5.75 Å². The van der Waals surface area contributed by atoms with Crippen LogP contribution in [0.15, 0.2) is 22.6 Å².